The van der Waals surface area contributed by atoms with Gasteiger partial charge >= 0.3 is 0 Å². The normalized spacial score (nSPS) is 23.9. The summed E-state index contributed by atoms with van der Waals surface area (Å²) in [7, 11) is -3.71. The van der Waals surface area contributed by atoms with Crippen LogP contribution in [0.4, 0.5) is 26.2 Å². The number of ether oxygens (including phenoxy) is 1. The Morgan fingerprint density at radius 1 is 1.05 bits per heavy atom. The number of benzene rings is 1. The van der Waals surface area contributed by atoms with Gasteiger partial charge < -0.3 is 19.6 Å². The largest absolute Gasteiger partial charge is 0.467 e. The summed E-state index contributed by atoms with van der Waals surface area (Å²) >= 11 is 0. The van der Waals surface area contributed by atoms with Crippen LogP contribution in [0.25, 0.3) is 5.70 Å². The van der Waals surface area contributed by atoms with Crippen LogP contribution >= 0.6 is 0 Å². The van der Waals surface area contributed by atoms with Gasteiger partial charge in [0.15, 0.2) is 0 Å². The van der Waals surface area contributed by atoms with Crippen LogP contribution in [0.15, 0.2) is 42.4 Å². The topological polar surface area (TPSA) is 108 Å². The summed E-state index contributed by atoms with van der Waals surface area (Å²) in [5, 5.41) is 9.26. The van der Waals surface area contributed by atoms with E-state index in [9.17, 15) is 22.3 Å². The molecule has 2 aromatic rings. The van der Waals surface area contributed by atoms with Gasteiger partial charge in [-0.1, -0.05) is 19.9 Å². The van der Waals surface area contributed by atoms with Crippen LogP contribution in [0, 0.1) is 12.3 Å². The fourth-order valence-electron chi connectivity index (χ4n) is 6.88. The van der Waals surface area contributed by atoms with E-state index >= 15 is 0 Å². The van der Waals surface area contributed by atoms with E-state index in [4.69, 9.17) is 9.72 Å². The fraction of sp³-hybridized carbons (Fsp3) is 0.562. The number of hydrogen-bond donors (Lipinski definition) is 2. The van der Waals surface area contributed by atoms with Gasteiger partial charge in [-0.3, -0.25) is 4.72 Å². The van der Waals surface area contributed by atoms with Crippen molar-refractivity contribution in [2.24, 2.45) is 5.41 Å². The number of sulfonamides is 1. The van der Waals surface area contributed by atoms with Crippen molar-refractivity contribution in [3.63, 3.8) is 0 Å². The van der Waals surface area contributed by atoms with Gasteiger partial charge in [-0.2, -0.15) is 4.98 Å². The SMILES string of the molecule is Cc1cc(N2CC3(CCC(C)(C)CC3)c3cc(NS(=O)(=O)CCO)ccc3C2=C2CC=CO2)nc(N2CCC(F)(F)CC2)n1. The molecule has 1 saturated carbocycles. The predicted octanol–water partition coefficient (Wildman–Crippen LogP) is 5.72. The van der Waals surface area contributed by atoms with Crippen LogP contribution in [0.1, 0.15) is 75.6 Å². The molecule has 6 rings (SSSR count). The van der Waals surface area contributed by atoms with Crippen molar-refractivity contribution in [1.29, 1.82) is 0 Å². The van der Waals surface area contributed by atoms with Crippen LogP contribution in [-0.2, 0) is 20.2 Å². The number of alkyl halides is 2. The molecular weight excluding hydrogens is 588 g/mol. The first-order valence-electron chi connectivity index (χ1n) is 15.4. The van der Waals surface area contributed by atoms with Crippen LogP contribution < -0.4 is 14.5 Å². The lowest BCUT2D eigenvalue weighted by atomic mass is 9.60. The average molecular weight is 630 g/mol. The van der Waals surface area contributed by atoms with Crippen LogP contribution in [0.5, 0.6) is 0 Å². The molecule has 0 amide bonds. The summed E-state index contributed by atoms with van der Waals surface area (Å²) < 4.78 is 61.8. The van der Waals surface area contributed by atoms with Crippen molar-refractivity contribution in [2.75, 3.05) is 46.5 Å². The van der Waals surface area contributed by atoms with Crippen LogP contribution in [0.3, 0.4) is 0 Å². The van der Waals surface area contributed by atoms with E-state index in [1.807, 2.05) is 36.1 Å². The van der Waals surface area contributed by atoms with Crippen molar-refractivity contribution in [2.45, 2.75) is 77.1 Å². The summed E-state index contributed by atoms with van der Waals surface area (Å²) in [5.41, 5.74) is 3.97. The minimum absolute atomic E-state index is 0.183. The molecule has 12 heteroatoms. The third-order valence-electron chi connectivity index (χ3n) is 9.53. The minimum atomic E-state index is -3.71. The monoisotopic (exact) mass is 629 g/mol. The maximum absolute atomic E-state index is 14.0. The first-order valence-corrected chi connectivity index (χ1v) is 17.0. The number of allylic oxidation sites excluding steroid dienone is 1. The minimum Gasteiger partial charge on any atom is -0.467 e. The highest BCUT2D eigenvalue weighted by atomic mass is 32.2. The van der Waals surface area contributed by atoms with Gasteiger partial charge in [-0.15, -0.1) is 0 Å². The van der Waals surface area contributed by atoms with E-state index in [1.54, 1.807) is 12.3 Å². The maximum Gasteiger partial charge on any atom is 0.251 e. The number of aromatic nitrogens is 2. The second-order valence-electron chi connectivity index (χ2n) is 13.4. The lowest BCUT2D eigenvalue weighted by Crippen LogP contribution is -2.49. The molecule has 4 aliphatic rings. The Morgan fingerprint density at radius 3 is 2.43 bits per heavy atom. The number of aliphatic hydroxyl groups is 1. The zero-order valence-electron chi connectivity index (χ0n) is 25.6. The van der Waals surface area contributed by atoms with Crippen molar-refractivity contribution in [3.8, 4) is 0 Å². The lowest BCUT2D eigenvalue weighted by Gasteiger charge is -2.51. The number of nitrogens with zero attached hydrogens (tertiary/aromatic N) is 4. The zero-order chi connectivity index (χ0) is 31.3. The van der Waals surface area contributed by atoms with E-state index in [0.717, 1.165) is 54.0 Å². The Labute approximate surface area is 258 Å². The standard InChI is InChI=1S/C32H41F2N5O4S/c1-22-19-27(36-29(35-22)38-14-12-32(33,34)13-15-38)39-21-31(10-8-30(2,3)9-11-31)25-20-23(37-44(41,42)18-16-40)6-7-24(25)28(39)26-5-4-17-43-26/h4,6-7,17,19-20,37,40H,5,8-16,18,21H2,1-3H3. The summed E-state index contributed by atoms with van der Waals surface area (Å²) in [6, 6.07) is 7.60. The first-order chi connectivity index (χ1) is 20.8. The molecule has 3 aliphatic heterocycles. The van der Waals surface area contributed by atoms with E-state index in [2.05, 4.69) is 28.5 Å². The molecule has 2 fully saturated rings. The molecule has 1 spiro atoms. The molecule has 44 heavy (non-hydrogen) atoms. The van der Waals surface area contributed by atoms with E-state index in [1.165, 1.54) is 0 Å². The molecule has 238 valence electrons. The molecule has 1 aliphatic carbocycles. The van der Waals surface area contributed by atoms with Gasteiger partial charge in [-0.25, -0.2) is 22.2 Å². The number of rotatable bonds is 6. The zero-order valence-corrected chi connectivity index (χ0v) is 26.4. The Balaban J connectivity index is 1.47. The molecule has 1 aromatic heterocycles. The van der Waals surface area contributed by atoms with Crippen molar-refractivity contribution < 1.29 is 27.0 Å². The number of piperidine rings is 1. The van der Waals surface area contributed by atoms with Gasteiger partial charge in [0.2, 0.25) is 16.0 Å². The maximum atomic E-state index is 14.0. The van der Waals surface area contributed by atoms with Gasteiger partial charge in [0.25, 0.3) is 5.92 Å². The molecule has 9 nitrogen and oxygen atoms in total. The molecule has 0 unspecified atom stereocenters. The number of anilines is 3. The quantitative estimate of drug-likeness (QED) is 0.418. The van der Waals surface area contributed by atoms with Gasteiger partial charge in [0.05, 0.1) is 24.3 Å². The molecule has 1 saturated heterocycles. The molecule has 0 radical (unpaired) electrons. The smallest absolute Gasteiger partial charge is 0.251 e. The average Bonchev–Trinajstić information content (AvgIpc) is 3.49. The Hall–Kier alpha value is -3.25. The molecule has 0 atom stereocenters. The third kappa shape index (κ3) is 6.15. The van der Waals surface area contributed by atoms with Crippen molar-refractivity contribution in [1.82, 2.24) is 9.97 Å². The Morgan fingerprint density at radius 2 is 1.77 bits per heavy atom. The summed E-state index contributed by atoms with van der Waals surface area (Å²) in [6.45, 7) is 6.98. The highest BCUT2D eigenvalue weighted by molar-refractivity contribution is 7.92. The van der Waals surface area contributed by atoms with Crippen LogP contribution in [-0.4, -0.2) is 61.4 Å². The number of hydrogen-bond acceptors (Lipinski definition) is 8. The summed E-state index contributed by atoms with van der Waals surface area (Å²) in [6.07, 6.45) is 7.57. The Bertz CT molecular complexity index is 1580. The van der Waals surface area contributed by atoms with E-state index in [-0.39, 0.29) is 42.5 Å². The lowest BCUT2D eigenvalue weighted by molar-refractivity contribution is -0.0222. The molecule has 2 N–H and O–H groups in total. The fourth-order valence-corrected chi connectivity index (χ4v) is 7.71. The summed E-state index contributed by atoms with van der Waals surface area (Å²) in [5.74, 6) is -1.15. The second-order valence-corrected chi connectivity index (χ2v) is 15.3. The van der Waals surface area contributed by atoms with Crippen molar-refractivity contribution in [3.05, 3.63) is 59.2 Å². The number of nitrogens with one attached hydrogen (secondary N) is 1. The van der Waals surface area contributed by atoms with Crippen LogP contribution in [0.2, 0.25) is 0 Å². The highest BCUT2D eigenvalue weighted by Gasteiger charge is 2.47. The van der Waals surface area contributed by atoms with Crippen molar-refractivity contribution >= 4 is 33.2 Å². The van der Waals surface area contributed by atoms with Gasteiger partial charge in [0, 0.05) is 67.3 Å². The third-order valence-corrected chi connectivity index (χ3v) is 10.8. The molecule has 0 bridgehead atoms. The second kappa shape index (κ2) is 11.3. The number of aliphatic hydroxyl groups excluding tert-OH is 1. The Kier molecular flexibility index (Phi) is 7.88. The van der Waals surface area contributed by atoms with E-state index < -0.39 is 22.6 Å². The number of aryl methyl sites for hydroxylation is 1. The first kappa shape index (κ1) is 30.8. The highest BCUT2D eigenvalue weighted by Crippen LogP contribution is 2.54. The van der Waals surface area contributed by atoms with E-state index in [0.29, 0.717) is 30.4 Å². The van der Waals surface area contributed by atoms with Gasteiger partial charge in [0.1, 0.15) is 11.6 Å². The molecule has 4 heterocycles. The molecule has 1 aromatic carbocycles. The predicted molar refractivity (Wildman–Crippen MR) is 167 cm³/mol. The summed E-state index contributed by atoms with van der Waals surface area (Å²) in [4.78, 5) is 13.7. The molecular formula is C32H41F2N5O4S. The van der Waals surface area contributed by atoms with Gasteiger partial charge in [-0.05, 0) is 61.8 Å². The number of halogens is 2. The number of fused-ring (bicyclic) bond motifs is 2.